The van der Waals surface area contributed by atoms with Crippen LogP contribution in [0.5, 0.6) is 5.75 Å². The third-order valence-corrected chi connectivity index (χ3v) is 7.06. The molecule has 0 saturated heterocycles. The van der Waals surface area contributed by atoms with E-state index < -0.39 is 10.0 Å². The van der Waals surface area contributed by atoms with E-state index in [0.717, 1.165) is 11.1 Å². The second kappa shape index (κ2) is 10.4. The number of rotatable bonds is 9. The summed E-state index contributed by atoms with van der Waals surface area (Å²) in [4.78, 5) is 14.9. The Labute approximate surface area is 190 Å². The Morgan fingerprint density at radius 2 is 1.44 bits per heavy atom. The van der Waals surface area contributed by atoms with Crippen LogP contribution in [0.1, 0.15) is 28.4 Å². The maximum absolute atomic E-state index is 13.3. The first-order chi connectivity index (χ1) is 15.4. The van der Waals surface area contributed by atoms with Crippen LogP contribution in [0.3, 0.4) is 0 Å². The lowest BCUT2D eigenvalue weighted by atomic mass is 10.1. The molecule has 0 N–H and O–H groups in total. The molecule has 0 heterocycles. The number of carbonyl (C=O) groups excluding carboxylic acids is 1. The van der Waals surface area contributed by atoms with E-state index in [1.807, 2.05) is 67.6 Å². The Hall–Kier alpha value is -3.16. The maximum Gasteiger partial charge on any atom is 0.254 e. The van der Waals surface area contributed by atoms with Crippen molar-refractivity contribution in [1.82, 2.24) is 9.21 Å². The third kappa shape index (κ3) is 5.36. The molecule has 3 aromatic carbocycles. The molecule has 0 spiro atoms. The highest BCUT2D eigenvalue weighted by Gasteiger charge is 2.27. The van der Waals surface area contributed by atoms with Gasteiger partial charge in [-0.1, -0.05) is 60.7 Å². The van der Waals surface area contributed by atoms with Crippen LogP contribution in [0, 0.1) is 0 Å². The Balaban J connectivity index is 1.91. The zero-order valence-electron chi connectivity index (χ0n) is 18.6. The van der Waals surface area contributed by atoms with Crippen molar-refractivity contribution in [3.63, 3.8) is 0 Å². The van der Waals surface area contributed by atoms with Gasteiger partial charge >= 0.3 is 0 Å². The van der Waals surface area contributed by atoms with Crippen LogP contribution in [0.4, 0.5) is 0 Å². The number of hydrogen-bond donors (Lipinski definition) is 0. The van der Waals surface area contributed by atoms with Gasteiger partial charge in [0.05, 0.1) is 7.11 Å². The van der Waals surface area contributed by atoms with Crippen molar-refractivity contribution in [3.8, 4) is 5.75 Å². The van der Waals surface area contributed by atoms with E-state index >= 15 is 0 Å². The Morgan fingerprint density at radius 3 is 1.97 bits per heavy atom. The van der Waals surface area contributed by atoms with Crippen LogP contribution in [-0.2, 0) is 23.1 Å². The fourth-order valence-electron chi connectivity index (χ4n) is 3.42. The van der Waals surface area contributed by atoms with Gasteiger partial charge in [-0.15, -0.1) is 0 Å². The molecule has 0 aromatic heterocycles. The lowest BCUT2D eigenvalue weighted by Gasteiger charge is -2.23. The van der Waals surface area contributed by atoms with Gasteiger partial charge in [-0.3, -0.25) is 4.79 Å². The number of carbonyl (C=O) groups is 1. The average molecular weight is 453 g/mol. The number of nitrogens with zero attached hydrogens (tertiary/aromatic N) is 2. The van der Waals surface area contributed by atoms with Crippen molar-refractivity contribution in [1.29, 1.82) is 0 Å². The zero-order valence-corrected chi connectivity index (χ0v) is 19.4. The van der Waals surface area contributed by atoms with Gasteiger partial charge < -0.3 is 9.64 Å². The lowest BCUT2D eigenvalue weighted by molar-refractivity contribution is 0.0752. The number of amides is 1. The molecule has 168 valence electrons. The Morgan fingerprint density at radius 1 is 0.875 bits per heavy atom. The summed E-state index contributed by atoms with van der Waals surface area (Å²) in [5, 5.41) is 0. The van der Waals surface area contributed by atoms with Gasteiger partial charge in [0.15, 0.2) is 0 Å². The number of benzene rings is 3. The van der Waals surface area contributed by atoms with E-state index in [1.54, 1.807) is 11.0 Å². The van der Waals surface area contributed by atoms with Gasteiger partial charge in [-0.25, -0.2) is 8.42 Å². The van der Waals surface area contributed by atoms with Gasteiger partial charge in [-0.05, 0) is 36.2 Å². The molecule has 0 aliphatic carbocycles. The van der Waals surface area contributed by atoms with Crippen LogP contribution in [0.25, 0.3) is 0 Å². The second-order valence-corrected chi connectivity index (χ2v) is 9.43. The molecule has 0 radical (unpaired) electrons. The summed E-state index contributed by atoms with van der Waals surface area (Å²) >= 11 is 0. The summed E-state index contributed by atoms with van der Waals surface area (Å²) < 4.78 is 33.3. The van der Waals surface area contributed by atoms with Crippen molar-refractivity contribution in [3.05, 3.63) is 95.6 Å². The second-order valence-electron chi connectivity index (χ2n) is 7.42. The van der Waals surface area contributed by atoms with Crippen LogP contribution in [0.15, 0.2) is 83.8 Å². The summed E-state index contributed by atoms with van der Waals surface area (Å²) in [5.41, 5.74) is 2.17. The normalized spacial score (nSPS) is 11.4. The molecule has 1 amide bonds. The molecule has 7 heteroatoms. The zero-order chi connectivity index (χ0) is 23.1. The van der Waals surface area contributed by atoms with Crippen molar-refractivity contribution < 1.29 is 17.9 Å². The first-order valence-electron chi connectivity index (χ1n) is 10.4. The lowest BCUT2D eigenvalue weighted by Crippen LogP contribution is -2.31. The van der Waals surface area contributed by atoms with Gasteiger partial charge in [-0.2, -0.15) is 4.31 Å². The van der Waals surface area contributed by atoms with Gasteiger partial charge in [0.25, 0.3) is 5.91 Å². The first kappa shape index (κ1) is 23.5. The van der Waals surface area contributed by atoms with Crippen LogP contribution in [0.2, 0.25) is 0 Å². The summed E-state index contributed by atoms with van der Waals surface area (Å²) in [6.45, 7) is 3.04. The number of methoxy groups -OCH3 is 1. The minimum atomic E-state index is -3.89. The summed E-state index contributed by atoms with van der Waals surface area (Å²) in [7, 11) is -0.954. The van der Waals surface area contributed by atoms with E-state index in [0.29, 0.717) is 18.7 Å². The predicted octanol–water partition coefficient (Wildman–Crippen LogP) is 4.18. The Bertz CT molecular complexity index is 1150. The highest BCUT2D eigenvalue weighted by Crippen LogP contribution is 2.29. The molecule has 0 aliphatic heterocycles. The molecule has 3 rings (SSSR count). The van der Waals surface area contributed by atoms with Crippen molar-refractivity contribution in [2.24, 2.45) is 0 Å². The minimum Gasteiger partial charge on any atom is -0.495 e. The molecular formula is C25H28N2O4S. The van der Waals surface area contributed by atoms with Gasteiger partial charge in [0.1, 0.15) is 10.6 Å². The quantitative estimate of drug-likeness (QED) is 0.489. The summed E-state index contributed by atoms with van der Waals surface area (Å²) in [6, 6.07) is 23.6. The summed E-state index contributed by atoms with van der Waals surface area (Å²) in [5.74, 6) is -0.0336. The van der Waals surface area contributed by atoms with E-state index in [4.69, 9.17) is 4.74 Å². The largest absolute Gasteiger partial charge is 0.495 e. The maximum atomic E-state index is 13.3. The van der Waals surface area contributed by atoms with Gasteiger partial charge in [0, 0.05) is 32.2 Å². The molecule has 3 aromatic rings. The predicted molar refractivity (Wildman–Crippen MR) is 125 cm³/mol. The van der Waals surface area contributed by atoms with Crippen molar-refractivity contribution >= 4 is 15.9 Å². The monoisotopic (exact) mass is 452 g/mol. The van der Waals surface area contributed by atoms with E-state index in [9.17, 15) is 13.2 Å². The van der Waals surface area contributed by atoms with Crippen molar-refractivity contribution in [2.45, 2.75) is 24.9 Å². The topological polar surface area (TPSA) is 66.9 Å². The van der Waals surface area contributed by atoms with Crippen LogP contribution in [-0.4, -0.2) is 44.2 Å². The average Bonchev–Trinajstić information content (AvgIpc) is 2.83. The van der Waals surface area contributed by atoms with E-state index in [-0.39, 0.29) is 23.1 Å². The highest BCUT2D eigenvalue weighted by molar-refractivity contribution is 7.89. The highest BCUT2D eigenvalue weighted by atomic mass is 32.2. The van der Waals surface area contributed by atoms with Gasteiger partial charge in [0.2, 0.25) is 10.0 Å². The molecule has 0 atom stereocenters. The smallest absolute Gasteiger partial charge is 0.254 e. The fourth-order valence-corrected chi connectivity index (χ4v) is 4.75. The van der Waals surface area contributed by atoms with Crippen LogP contribution < -0.4 is 4.74 Å². The molecule has 0 bridgehead atoms. The number of hydrogen-bond acceptors (Lipinski definition) is 4. The van der Waals surface area contributed by atoms with Crippen molar-refractivity contribution in [2.75, 3.05) is 20.7 Å². The molecule has 0 unspecified atom stereocenters. The van der Waals surface area contributed by atoms with E-state index in [1.165, 1.54) is 30.6 Å². The van der Waals surface area contributed by atoms with E-state index in [2.05, 4.69) is 0 Å². The number of ether oxygens (including phenoxy) is 1. The number of sulfonamides is 1. The summed E-state index contributed by atoms with van der Waals surface area (Å²) in [6.07, 6.45) is 0. The minimum absolute atomic E-state index is 0.0277. The molecule has 0 fully saturated rings. The molecule has 32 heavy (non-hydrogen) atoms. The van der Waals surface area contributed by atoms with Crippen LogP contribution >= 0.6 is 0 Å². The molecule has 0 aliphatic rings. The molecular weight excluding hydrogens is 424 g/mol. The first-order valence-corrected chi connectivity index (χ1v) is 11.8. The fraction of sp³-hybridized carbons (Fsp3) is 0.240. The molecule has 6 nitrogen and oxygen atoms in total. The Kier molecular flexibility index (Phi) is 7.66. The third-order valence-electron chi connectivity index (χ3n) is 5.23. The SMILES string of the molecule is CCN(Cc1ccccc1)C(=O)c1ccc(OC)c(S(=O)(=O)N(C)Cc2ccccc2)c1. The standard InChI is InChI=1S/C25H28N2O4S/c1-4-27(19-21-13-9-6-10-14-21)25(28)22-15-16-23(31-3)24(17-22)32(29,30)26(2)18-20-11-7-5-8-12-20/h5-17H,4,18-19H2,1-3H3. The molecule has 0 saturated carbocycles.